The Kier molecular flexibility index (Phi) is 5.97. The van der Waals surface area contributed by atoms with E-state index in [0.717, 1.165) is 5.57 Å². The fraction of sp³-hybridized carbons (Fsp3) is 0.333. The molecule has 3 amide bonds. The third kappa shape index (κ3) is 4.25. The quantitative estimate of drug-likeness (QED) is 0.272. The van der Waals surface area contributed by atoms with Crippen molar-refractivity contribution in [3.8, 4) is 5.75 Å². The highest BCUT2D eigenvalue weighted by Gasteiger charge is 2.49. The second-order valence-electron chi connectivity index (χ2n) is 9.47. The lowest BCUT2D eigenvalue weighted by molar-refractivity contribution is -0.139. The molecule has 3 aliphatic rings. The lowest BCUT2D eigenvalue weighted by Gasteiger charge is -2.19. The van der Waals surface area contributed by atoms with Crippen molar-refractivity contribution in [3.05, 3.63) is 64.7 Å². The van der Waals surface area contributed by atoms with Gasteiger partial charge in [-0.25, -0.2) is 4.90 Å². The fourth-order valence-electron chi connectivity index (χ4n) is 5.18. The molecule has 1 aliphatic carbocycles. The van der Waals surface area contributed by atoms with E-state index in [1.54, 1.807) is 49.4 Å². The number of aryl methyl sites for hydroxylation is 1. The average Bonchev–Trinajstić information content (AvgIpc) is 3.32. The summed E-state index contributed by atoms with van der Waals surface area (Å²) < 4.78 is 5.57. The Balaban J connectivity index is 1.28. The molecule has 2 aromatic rings. The summed E-state index contributed by atoms with van der Waals surface area (Å²) in [6.07, 6.45) is 3.27. The fourth-order valence-corrected chi connectivity index (χ4v) is 5.36. The number of halogens is 1. The van der Waals surface area contributed by atoms with E-state index in [-0.39, 0.29) is 42.5 Å². The molecule has 35 heavy (non-hydrogen) atoms. The molecule has 0 radical (unpaired) electrons. The summed E-state index contributed by atoms with van der Waals surface area (Å²) in [4.78, 5) is 54.1. The predicted octanol–water partition coefficient (Wildman–Crippen LogP) is 4.45. The van der Waals surface area contributed by atoms with Gasteiger partial charge in [-0.1, -0.05) is 29.3 Å². The van der Waals surface area contributed by atoms with Gasteiger partial charge in [-0.15, -0.1) is 0 Å². The van der Waals surface area contributed by atoms with Crippen LogP contribution < -0.4 is 14.5 Å². The molecule has 5 rings (SSSR count). The molecule has 8 heteroatoms. The molecule has 0 N–H and O–H groups in total. The molecule has 7 nitrogen and oxygen atoms in total. The SMILES string of the molecule is CC1=CC[C@@H]2C(=O)N(c3ccc(OC(=O)[C@H]4CC(=O)N(c5cccc(Cl)c5)C4)cc3C)C(=O)[C@@H]2C1. The number of nitrogens with zero attached hydrogens (tertiary/aromatic N) is 2. The number of hydrogen-bond acceptors (Lipinski definition) is 5. The van der Waals surface area contributed by atoms with Crippen molar-refractivity contribution in [2.45, 2.75) is 33.1 Å². The van der Waals surface area contributed by atoms with E-state index in [1.807, 2.05) is 13.0 Å². The van der Waals surface area contributed by atoms with Gasteiger partial charge in [-0.05, 0) is 68.7 Å². The zero-order chi connectivity index (χ0) is 24.9. The smallest absolute Gasteiger partial charge is 0.316 e. The lowest BCUT2D eigenvalue weighted by Crippen LogP contribution is -2.31. The van der Waals surface area contributed by atoms with Crippen molar-refractivity contribution >= 4 is 46.7 Å². The van der Waals surface area contributed by atoms with Crippen LogP contribution in [0.3, 0.4) is 0 Å². The Bertz CT molecular complexity index is 1290. The summed E-state index contributed by atoms with van der Waals surface area (Å²) >= 11 is 6.03. The van der Waals surface area contributed by atoms with Crippen LogP contribution in [0.4, 0.5) is 11.4 Å². The van der Waals surface area contributed by atoms with Gasteiger partial charge in [-0.2, -0.15) is 0 Å². The number of amides is 3. The van der Waals surface area contributed by atoms with Gasteiger partial charge in [0, 0.05) is 23.7 Å². The number of hydrogen-bond donors (Lipinski definition) is 0. The first-order valence-electron chi connectivity index (χ1n) is 11.6. The molecule has 0 saturated carbocycles. The molecular weight excluding hydrogens is 468 g/mol. The van der Waals surface area contributed by atoms with E-state index >= 15 is 0 Å². The number of esters is 1. The van der Waals surface area contributed by atoms with Gasteiger partial charge in [0.25, 0.3) is 0 Å². The van der Waals surface area contributed by atoms with Crippen molar-refractivity contribution in [1.82, 2.24) is 0 Å². The van der Waals surface area contributed by atoms with Gasteiger partial charge in [0.1, 0.15) is 5.75 Å². The Morgan fingerprint density at radius 1 is 1.00 bits per heavy atom. The third-order valence-electron chi connectivity index (χ3n) is 7.03. The van der Waals surface area contributed by atoms with Crippen molar-refractivity contribution in [2.24, 2.45) is 17.8 Å². The van der Waals surface area contributed by atoms with Gasteiger partial charge >= 0.3 is 5.97 Å². The molecule has 0 unspecified atom stereocenters. The summed E-state index contributed by atoms with van der Waals surface area (Å²) in [5.41, 5.74) is 2.94. The maximum Gasteiger partial charge on any atom is 0.316 e. The first-order valence-corrected chi connectivity index (χ1v) is 12.0. The molecule has 180 valence electrons. The normalized spacial score (nSPS) is 24.0. The summed E-state index contributed by atoms with van der Waals surface area (Å²) in [6.45, 7) is 3.97. The number of ether oxygens (including phenoxy) is 1. The predicted molar refractivity (Wildman–Crippen MR) is 131 cm³/mol. The van der Waals surface area contributed by atoms with Crippen LogP contribution in [-0.4, -0.2) is 30.2 Å². The third-order valence-corrected chi connectivity index (χ3v) is 7.26. The first-order chi connectivity index (χ1) is 16.7. The van der Waals surface area contributed by atoms with Crippen LogP contribution in [0.25, 0.3) is 0 Å². The summed E-state index contributed by atoms with van der Waals surface area (Å²) in [6, 6.07) is 11.8. The van der Waals surface area contributed by atoms with Gasteiger partial charge in [0.2, 0.25) is 17.7 Å². The van der Waals surface area contributed by atoms with E-state index < -0.39 is 11.9 Å². The highest BCUT2D eigenvalue weighted by molar-refractivity contribution is 6.31. The van der Waals surface area contributed by atoms with Crippen LogP contribution in [-0.2, 0) is 19.2 Å². The highest BCUT2D eigenvalue weighted by atomic mass is 35.5. The van der Waals surface area contributed by atoms with E-state index in [0.29, 0.717) is 40.6 Å². The largest absolute Gasteiger partial charge is 0.426 e. The topological polar surface area (TPSA) is 84.0 Å². The zero-order valence-corrected chi connectivity index (χ0v) is 20.2. The van der Waals surface area contributed by atoms with E-state index in [2.05, 4.69) is 0 Å². The molecule has 2 saturated heterocycles. The van der Waals surface area contributed by atoms with Crippen LogP contribution in [0.15, 0.2) is 54.1 Å². The molecule has 2 aromatic carbocycles. The number of imide groups is 1. The number of allylic oxidation sites excluding steroid dienone is 2. The molecular formula is C27H25ClN2O5. The number of carbonyl (C=O) groups is 4. The minimum atomic E-state index is -0.609. The molecule has 0 bridgehead atoms. The summed E-state index contributed by atoms with van der Waals surface area (Å²) in [5.74, 6) is -1.96. The van der Waals surface area contributed by atoms with Crippen LogP contribution in [0.2, 0.25) is 5.02 Å². The molecule has 3 atom stereocenters. The molecule has 2 heterocycles. The molecule has 0 spiro atoms. The summed E-state index contributed by atoms with van der Waals surface area (Å²) in [5, 5.41) is 0.512. The van der Waals surface area contributed by atoms with Gasteiger partial charge in [0.15, 0.2) is 0 Å². The van der Waals surface area contributed by atoms with E-state index in [9.17, 15) is 19.2 Å². The standard InChI is InChI=1S/C27H25ClN2O5/c1-15-6-8-21-22(10-15)26(33)30(25(21)32)23-9-7-20(11-16(23)2)35-27(34)17-12-24(31)29(14-17)19-5-3-4-18(28)13-19/h3-7,9,11,13,17,21-22H,8,10,12,14H2,1-2H3/t17-,21-,22+/m0/s1. The Hall–Kier alpha value is -3.45. The maximum atomic E-state index is 13.0. The van der Waals surface area contributed by atoms with Crippen LogP contribution in [0.5, 0.6) is 5.75 Å². The molecule has 0 aromatic heterocycles. The minimum Gasteiger partial charge on any atom is -0.426 e. The van der Waals surface area contributed by atoms with Crippen LogP contribution in [0, 0.1) is 24.7 Å². The monoisotopic (exact) mass is 492 g/mol. The minimum absolute atomic E-state index is 0.0510. The van der Waals surface area contributed by atoms with Gasteiger partial charge in [-0.3, -0.25) is 19.2 Å². The molecule has 2 aliphatic heterocycles. The van der Waals surface area contributed by atoms with Gasteiger partial charge < -0.3 is 9.64 Å². The zero-order valence-electron chi connectivity index (χ0n) is 19.5. The number of benzene rings is 2. The van der Waals surface area contributed by atoms with Crippen molar-refractivity contribution in [2.75, 3.05) is 16.3 Å². The number of anilines is 2. The summed E-state index contributed by atoms with van der Waals surface area (Å²) in [7, 11) is 0. The number of carbonyl (C=O) groups excluding carboxylic acids is 4. The maximum absolute atomic E-state index is 13.0. The first kappa shape index (κ1) is 23.3. The Morgan fingerprint density at radius 2 is 1.77 bits per heavy atom. The Labute approximate surface area is 208 Å². The number of rotatable bonds is 4. The van der Waals surface area contributed by atoms with Crippen molar-refractivity contribution < 1.29 is 23.9 Å². The number of fused-ring (bicyclic) bond motifs is 1. The highest BCUT2D eigenvalue weighted by Crippen LogP contribution is 2.41. The van der Waals surface area contributed by atoms with Gasteiger partial charge in [0.05, 0.1) is 23.4 Å². The second-order valence-corrected chi connectivity index (χ2v) is 9.91. The molecule has 2 fully saturated rings. The second kappa shape index (κ2) is 8.96. The van der Waals surface area contributed by atoms with Crippen molar-refractivity contribution in [1.29, 1.82) is 0 Å². The van der Waals surface area contributed by atoms with Crippen molar-refractivity contribution in [3.63, 3.8) is 0 Å². The van der Waals surface area contributed by atoms with Crippen LogP contribution in [0.1, 0.15) is 31.7 Å². The average molecular weight is 493 g/mol. The lowest BCUT2D eigenvalue weighted by atomic mass is 9.82. The van der Waals surface area contributed by atoms with Crippen LogP contribution >= 0.6 is 11.6 Å². The van der Waals surface area contributed by atoms with E-state index in [1.165, 1.54) is 9.80 Å². The van der Waals surface area contributed by atoms with E-state index in [4.69, 9.17) is 16.3 Å². The Morgan fingerprint density at radius 3 is 2.51 bits per heavy atom.